The molecule has 0 aliphatic rings. The average Bonchev–Trinajstić information content (AvgIpc) is 2.25. The molecule has 0 aliphatic carbocycles. The Kier molecular flexibility index (Phi) is 4.11. The summed E-state index contributed by atoms with van der Waals surface area (Å²) in [5.74, 6) is 2.08. The van der Waals surface area contributed by atoms with Crippen LogP contribution in [0.1, 0.15) is 13.3 Å². The minimum atomic E-state index is 0.656. The van der Waals surface area contributed by atoms with E-state index in [9.17, 15) is 0 Å². The molecule has 0 heterocycles. The van der Waals surface area contributed by atoms with Crippen LogP contribution in [0.15, 0.2) is 18.2 Å². The van der Waals surface area contributed by atoms with Crippen molar-refractivity contribution in [3.8, 4) is 17.2 Å². The second kappa shape index (κ2) is 5.37. The Bertz CT molecular complexity index is 284. The van der Waals surface area contributed by atoms with E-state index in [4.69, 9.17) is 14.2 Å². The summed E-state index contributed by atoms with van der Waals surface area (Å²) in [6, 6.07) is 5.60. The highest BCUT2D eigenvalue weighted by atomic mass is 16.5. The fourth-order valence-electron chi connectivity index (χ4n) is 1.18. The Balaban J connectivity index is 2.90. The highest BCUT2D eigenvalue weighted by Crippen LogP contribution is 2.36. The van der Waals surface area contributed by atoms with Gasteiger partial charge in [-0.25, -0.2) is 0 Å². The van der Waals surface area contributed by atoms with Crippen molar-refractivity contribution in [1.29, 1.82) is 0 Å². The Labute approximate surface area is 84.6 Å². The van der Waals surface area contributed by atoms with Crippen LogP contribution < -0.4 is 14.2 Å². The zero-order valence-corrected chi connectivity index (χ0v) is 8.87. The highest BCUT2D eigenvalue weighted by Gasteiger charge is 2.09. The molecular weight excluding hydrogens is 180 g/mol. The molecule has 1 aromatic carbocycles. The Morgan fingerprint density at radius 2 is 1.79 bits per heavy atom. The van der Waals surface area contributed by atoms with Crippen LogP contribution in [0.2, 0.25) is 0 Å². The van der Waals surface area contributed by atoms with Crippen molar-refractivity contribution in [3.63, 3.8) is 0 Å². The van der Waals surface area contributed by atoms with E-state index in [1.807, 2.05) is 18.2 Å². The number of para-hydroxylation sites is 1. The van der Waals surface area contributed by atoms with Gasteiger partial charge in [0, 0.05) is 0 Å². The largest absolute Gasteiger partial charge is 0.493 e. The van der Waals surface area contributed by atoms with Crippen LogP contribution >= 0.6 is 0 Å². The minimum Gasteiger partial charge on any atom is -0.493 e. The molecule has 0 atom stereocenters. The first-order valence-corrected chi connectivity index (χ1v) is 4.67. The van der Waals surface area contributed by atoms with Crippen molar-refractivity contribution < 1.29 is 14.2 Å². The maximum Gasteiger partial charge on any atom is 0.203 e. The Morgan fingerprint density at radius 3 is 2.36 bits per heavy atom. The lowest BCUT2D eigenvalue weighted by atomic mass is 10.3. The monoisotopic (exact) mass is 196 g/mol. The van der Waals surface area contributed by atoms with E-state index in [0.29, 0.717) is 18.1 Å². The quantitative estimate of drug-likeness (QED) is 0.724. The average molecular weight is 196 g/mol. The molecule has 0 radical (unpaired) electrons. The van der Waals surface area contributed by atoms with Gasteiger partial charge in [-0.3, -0.25) is 0 Å². The highest BCUT2D eigenvalue weighted by molar-refractivity contribution is 5.50. The molecule has 78 valence electrons. The molecule has 0 aliphatic heterocycles. The van der Waals surface area contributed by atoms with Crippen molar-refractivity contribution >= 4 is 0 Å². The van der Waals surface area contributed by atoms with Gasteiger partial charge in [-0.1, -0.05) is 13.0 Å². The van der Waals surface area contributed by atoms with Crippen molar-refractivity contribution in [3.05, 3.63) is 18.2 Å². The van der Waals surface area contributed by atoms with Crippen LogP contribution in [-0.2, 0) is 0 Å². The fourth-order valence-corrected chi connectivity index (χ4v) is 1.18. The number of hydrogen-bond donors (Lipinski definition) is 0. The number of rotatable bonds is 5. The standard InChI is InChI=1S/C11H16O3/c1-4-8-14-10-7-5-6-9(12-2)11(10)13-3/h5-7H,4,8H2,1-3H3. The van der Waals surface area contributed by atoms with E-state index in [1.165, 1.54) is 0 Å². The van der Waals surface area contributed by atoms with Crippen LogP contribution in [-0.4, -0.2) is 20.8 Å². The first kappa shape index (κ1) is 10.7. The number of benzene rings is 1. The van der Waals surface area contributed by atoms with E-state index < -0.39 is 0 Å². The van der Waals surface area contributed by atoms with Gasteiger partial charge >= 0.3 is 0 Å². The normalized spacial score (nSPS) is 9.64. The molecule has 0 saturated heterocycles. The van der Waals surface area contributed by atoms with E-state index in [0.717, 1.165) is 12.2 Å². The van der Waals surface area contributed by atoms with Gasteiger partial charge in [0.05, 0.1) is 20.8 Å². The molecule has 0 aromatic heterocycles. The molecule has 1 rings (SSSR count). The lowest BCUT2D eigenvalue weighted by molar-refractivity contribution is 0.284. The summed E-state index contributed by atoms with van der Waals surface area (Å²) in [7, 11) is 3.22. The van der Waals surface area contributed by atoms with Gasteiger partial charge in [-0.05, 0) is 18.6 Å². The summed E-state index contributed by atoms with van der Waals surface area (Å²) in [5.41, 5.74) is 0. The van der Waals surface area contributed by atoms with Crippen molar-refractivity contribution in [1.82, 2.24) is 0 Å². The summed E-state index contributed by atoms with van der Waals surface area (Å²) < 4.78 is 15.9. The minimum absolute atomic E-state index is 0.656. The zero-order chi connectivity index (χ0) is 10.4. The van der Waals surface area contributed by atoms with Crippen LogP contribution in [0.25, 0.3) is 0 Å². The zero-order valence-electron chi connectivity index (χ0n) is 8.87. The third-order valence-electron chi connectivity index (χ3n) is 1.83. The second-order valence-corrected chi connectivity index (χ2v) is 2.84. The number of ether oxygens (including phenoxy) is 3. The van der Waals surface area contributed by atoms with Crippen LogP contribution in [0, 0.1) is 0 Å². The molecule has 0 fully saturated rings. The van der Waals surface area contributed by atoms with Crippen molar-refractivity contribution in [2.24, 2.45) is 0 Å². The van der Waals surface area contributed by atoms with Crippen molar-refractivity contribution in [2.75, 3.05) is 20.8 Å². The van der Waals surface area contributed by atoms with Gasteiger partial charge in [0.25, 0.3) is 0 Å². The smallest absolute Gasteiger partial charge is 0.203 e. The predicted octanol–water partition coefficient (Wildman–Crippen LogP) is 2.49. The van der Waals surface area contributed by atoms with Crippen LogP contribution in [0.5, 0.6) is 17.2 Å². The third-order valence-corrected chi connectivity index (χ3v) is 1.83. The van der Waals surface area contributed by atoms with E-state index in [1.54, 1.807) is 14.2 Å². The summed E-state index contributed by atoms with van der Waals surface area (Å²) in [6.45, 7) is 2.75. The maximum absolute atomic E-state index is 5.51. The Morgan fingerprint density at radius 1 is 1.07 bits per heavy atom. The first-order valence-electron chi connectivity index (χ1n) is 4.67. The molecule has 3 heteroatoms. The van der Waals surface area contributed by atoms with Gasteiger partial charge in [0.2, 0.25) is 5.75 Å². The molecule has 0 amide bonds. The van der Waals surface area contributed by atoms with Gasteiger partial charge < -0.3 is 14.2 Å². The van der Waals surface area contributed by atoms with E-state index >= 15 is 0 Å². The molecule has 0 N–H and O–H groups in total. The molecule has 14 heavy (non-hydrogen) atoms. The lowest BCUT2D eigenvalue weighted by Crippen LogP contribution is -1.99. The van der Waals surface area contributed by atoms with Gasteiger partial charge in [0.15, 0.2) is 11.5 Å². The summed E-state index contributed by atoms with van der Waals surface area (Å²) in [4.78, 5) is 0. The third kappa shape index (κ3) is 2.31. The number of hydrogen-bond acceptors (Lipinski definition) is 3. The van der Waals surface area contributed by atoms with Crippen LogP contribution in [0.4, 0.5) is 0 Å². The molecular formula is C11H16O3. The molecule has 0 unspecified atom stereocenters. The summed E-state index contributed by atoms with van der Waals surface area (Å²) >= 11 is 0. The predicted molar refractivity (Wildman–Crippen MR) is 55.3 cm³/mol. The van der Waals surface area contributed by atoms with E-state index in [2.05, 4.69) is 6.92 Å². The summed E-state index contributed by atoms with van der Waals surface area (Å²) in [6.07, 6.45) is 0.973. The van der Waals surface area contributed by atoms with Gasteiger partial charge in [0.1, 0.15) is 0 Å². The second-order valence-electron chi connectivity index (χ2n) is 2.84. The Hall–Kier alpha value is -1.38. The molecule has 0 spiro atoms. The van der Waals surface area contributed by atoms with Gasteiger partial charge in [-0.2, -0.15) is 0 Å². The molecule has 0 bridgehead atoms. The SMILES string of the molecule is CCCOc1cccc(OC)c1OC. The molecule has 0 saturated carbocycles. The maximum atomic E-state index is 5.51. The van der Waals surface area contributed by atoms with Gasteiger partial charge in [-0.15, -0.1) is 0 Å². The lowest BCUT2D eigenvalue weighted by Gasteiger charge is -2.12. The molecule has 3 nitrogen and oxygen atoms in total. The first-order chi connectivity index (χ1) is 6.83. The van der Waals surface area contributed by atoms with Crippen LogP contribution in [0.3, 0.4) is 0 Å². The van der Waals surface area contributed by atoms with E-state index in [-0.39, 0.29) is 0 Å². The van der Waals surface area contributed by atoms with Crippen molar-refractivity contribution in [2.45, 2.75) is 13.3 Å². The topological polar surface area (TPSA) is 27.7 Å². The summed E-state index contributed by atoms with van der Waals surface area (Å²) in [5, 5.41) is 0. The molecule has 1 aromatic rings. The fraction of sp³-hybridized carbons (Fsp3) is 0.455. The number of methoxy groups -OCH3 is 2.